The molecule has 0 aliphatic carbocycles. The maximum Gasteiger partial charge on any atom is 0.0302 e. The Hall–Kier alpha value is -0.470. The van der Waals surface area contributed by atoms with Crippen molar-refractivity contribution in [3.8, 4) is 0 Å². The predicted molar refractivity (Wildman–Crippen MR) is 56.6 cm³/mol. The van der Waals surface area contributed by atoms with Crippen LogP contribution in [0.2, 0.25) is 0 Å². The SMILES string of the molecule is Cc1ccc(C(N)CCS)cc1. The molecule has 2 heteroatoms. The number of hydrogen-bond donors (Lipinski definition) is 2. The Balaban J connectivity index is 2.68. The summed E-state index contributed by atoms with van der Waals surface area (Å²) in [6.07, 6.45) is 0.937. The lowest BCUT2D eigenvalue weighted by atomic mass is 10.0. The van der Waals surface area contributed by atoms with Gasteiger partial charge in [-0.1, -0.05) is 29.8 Å². The van der Waals surface area contributed by atoms with Crippen LogP contribution in [0, 0.1) is 6.92 Å². The van der Waals surface area contributed by atoms with Gasteiger partial charge in [-0.15, -0.1) is 0 Å². The van der Waals surface area contributed by atoms with Crippen molar-refractivity contribution >= 4 is 12.6 Å². The van der Waals surface area contributed by atoms with E-state index in [0.29, 0.717) is 0 Å². The third-order valence-electron chi connectivity index (χ3n) is 1.95. The van der Waals surface area contributed by atoms with Gasteiger partial charge in [0, 0.05) is 6.04 Å². The van der Waals surface area contributed by atoms with Gasteiger partial charge in [-0.25, -0.2) is 0 Å². The van der Waals surface area contributed by atoms with E-state index in [-0.39, 0.29) is 6.04 Å². The first-order valence-electron chi connectivity index (χ1n) is 4.17. The standard InChI is InChI=1S/C10H15NS/c1-8-2-4-9(5-3-8)10(11)6-7-12/h2-5,10,12H,6-7,11H2,1H3. The Bertz CT molecular complexity index is 230. The van der Waals surface area contributed by atoms with Crippen molar-refractivity contribution in [2.45, 2.75) is 19.4 Å². The third kappa shape index (κ3) is 2.54. The summed E-state index contributed by atoms with van der Waals surface area (Å²) in [7, 11) is 0. The van der Waals surface area contributed by atoms with Crippen LogP contribution in [0.15, 0.2) is 24.3 Å². The molecule has 12 heavy (non-hydrogen) atoms. The third-order valence-corrected chi connectivity index (χ3v) is 2.20. The number of aryl methyl sites for hydroxylation is 1. The van der Waals surface area contributed by atoms with Gasteiger partial charge in [-0.3, -0.25) is 0 Å². The van der Waals surface area contributed by atoms with E-state index < -0.39 is 0 Å². The fourth-order valence-corrected chi connectivity index (χ4v) is 1.40. The zero-order valence-corrected chi connectivity index (χ0v) is 8.22. The highest BCUT2D eigenvalue weighted by molar-refractivity contribution is 7.80. The molecule has 0 fully saturated rings. The molecule has 0 saturated heterocycles. The molecule has 1 rings (SSSR count). The molecule has 0 aliphatic heterocycles. The van der Waals surface area contributed by atoms with Crippen molar-refractivity contribution in [1.29, 1.82) is 0 Å². The summed E-state index contributed by atoms with van der Waals surface area (Å²) >= 11 is 4.15. The minimum Gasteiger partial charge on any atom is -0.324 e. The summed E-state index contributed by atoms with van der Waals surface area (Å²) in [5.41, 5.74) is 8.38. The number of hydrogen-bond acceptors (Lipinski definition) is 2. The molecule has 0 amide bonds. The van der Waals surface area contributed by atoms with Gasteiger partial charge in [-0.05, 0) is 24.7 Å². The number of thiol groups is 1. The van der Waals surface area contributed by atoms with Gasteiger partial charge >= 0.3 is 0 Å². The quantitative estimate of drug-likeness (QED) is 0.688. The highest BCUT2D eigenvalue weighted by Crippen LogP contribution is 2.14. The first-order valence-corrected chi connectivity index (χ1v) is 4.80. The molecule has 2 N–H and O–H groups in total. The number of nitrogens with two attached hydrogens (primary N) is 1. The first-order chi connectivity index (χ1) is 5.74. The normalized spacial score (nSPS) is 12.9. The summed E-state index contributed by atoms with van der Waals surface area (Å²) < 4.78 is 0. The molecule has 1 nitrogen and oxygen atoms in total. The molecule has 1 aromatic rings. The van der Waals surface area contributed by atoms with Crippen molar-refractivity contribution in [3.63, 3.8) is 0 Å². The molecule has 1 unspecified atom stereocenters. The average molecular weight is 181 g/mol. The molecule has 1 aromatic carbocycles. The van der Waals surface area contributed by atoms with Crippen molar-refractivity contribution in [3.05, 3.63) is 35.4 Å². The van der Waals surface area contributed by atoms with Crippen LogP contribution in [0.3, 0.4) is 0 Å². The van der Waals surface area contributed by atoms with Crippen LogP contribution < -0.4 is 5.73 Å². The second-order valence-electron chi connectivity index (χ2n) is 3.03. The van der Waals surface area contributed by atoms with Gasteiger partial charge in [-0.2, -0.15) is 12.6 Å². The van der Waals surface area contributed by atoms with E-state index in [1.54, 1.807) is 0 Å². The number of rotatable bonds is 3. The van der Waals surface area contributed by atoms with Gasteiger partial charge in [0.2, 0.25) is 0 Å². The molecular formula is C10H15NS. The lowest BCUT2D eigenvalue weighted by molar-refractivity contribution is 0.706. The van der Waals surface area contributed by atoms with Crippen LogP contribution in [0.5, 0.6) is 0 Å². The Morgan fingerprint density at radius 2 is 1.92 bits per heavy atom. The molecule has 0 bridgehead atoms. The second kappa shape index (κ2) is 4.53. The zero-order valence-electron chi connectivity index (χ0n) is 7.33. The Morgan fingerprint density at radius 3 is 2.42 bits per heavy atom. The molecule has 0 heterocycles. The van der Waals surface area contributed by atoms with Crippen LogP contribution in [-0.2, 0) is 0 Å². The first kappa shape index (κ1) is 9.62. The van der Waals surface area contributed by atoms with E-state index >= 15 is 0 Å². The van der Waals surface area contributed by atoms with Crippen molar-refractivity contribution in [1.82, 2.24) is 0 Å². The van der Waals surface area contributed by atoms with Gasteiger partial charge in [0.25, 0.3) is 0 Å². The highest BCUT2D eigenvalue weighted by atomic mass is 32.1. The minimum atomic E-state index is 0.142. The smallest absolute Gasteiger partial charge is 0.0302 e. The Morgan fingerprint density at radius 1 is 1.33 bits per heavy atom. The van der Waals surface area contributed by atoms with Crippen LogP contribution in [0.25, 0.3) is 0 Å². The largest absolute Gasteiger partial charge is 0.324 e. The molecule has 0 aliphatic rings. The van der Waals surface area contributed by atoms with Gasteiger partial charge < -0.3 is 5.73 Å². The molecule has 0 spiro atoms. The summed E-state index contributed by atoms with van der Waals surface area (Å²) in [6, 6.07) is 8.50. The van der Waals surface area contributed by atoms with Crippen molar-refractivity contribution in [2.75, 3.05) is 5.75 Å². The average Bonchev–Trinajstić information content (AvgIpc) is 2.06. The van der Waals surface area contributed by atoms with Gasteiger partial charge in [0.15, 0.2) is 0 Å². The number of benzene rings is 1. The fourth-order valence-electron chi connectivity index (χ4n) is 1.12. The predicted octanol–water partition coefficient (Wildman–Crippen LogP) is 2.31. The lowest BCUT2D eigenvalue weighted by Gasteiger charge is -2.09. The van der Waals surface area contributed by atoms with Crippen LogP contribution >= 0.6 is 12.6 Å². The van der Waals surface area contributed by atoms with E-state index in [1.165, 1.54) is 11.1 Å². The second-order valence-corrected chi connectivity index (χ2v) is 3.48. The summed E-state index contributed by atoms with van der Waals surface area (Å²) in [4.78, 5) is 0. The minimum absolute atomic E-state index is 0.142. The summed E-state index contributed by atoms with van der Waals surface area (Å²) in [5.74, 6) is 0.842. The topological polar surface area (TPSA) is 26.0 Å². The molecule has 0 radical (unpaired) electrons. The molecule has 0 saturated carbocycles. The highest BCUT2D eigenvalue weighted by Gasteiger charge is 2.02. The molecule has 1 atom stereocenters. The van der Waals surface area contributed by atoms with Crippen molar-refractivity contribution < 1.29 is 0 Å². The molecular weight excluding hydrogens is 166 g/mol. The fraction of sp³-hybridized carbons (Fsp3) is 0.400. The summed E-state index contributed by atoms with van der Waals surface area (Å²) in [5, 5.41) is 0. The monoisotopic (exact) mass is 181 g/mol. The van der Waals surface area contributed by atoms with E-state index in [1.807, 2.05) is 0 Å². The van der Waals surface area contributed by atoms with E-state index in [4.69, 9.17) is 5.73 Å². The van der Waals surface area contributed by atoms with Gasteiger partial charge in [0.05, 0.1) is 0 Å². The zero-order chi connectivity index (χ0) is 8.97. The lowest BCUT2D eigenvalue weighted by Crippen LogP contribution is -2.10. The van der Waals surface area contributed by atoms with Gasteiger partial charge in [0.1, 0.15) is 0 Å². The van der Waals surface area contributed by atoms with E-state index in [2.05, 4.69) is 43.8 Å². The van der Waals surface area contributed by atoms with Crippen LogP contribution in [0.1, 0.15) is 23.6 Å². The Labute approximate surface area is 79.4 Å². The van der Waals surface area contributed by atoms with E-state index in [9.17, 15) is 0 Å². The van der Waals surface area contributed by atoms with Crippen molar-refractivity contribution in [2.24, 2.45) is 5.73 Å². The summed E-state index contributed by atoms with van der Waals surface area (Å²) in [6.45, 7) is 2.08. The van der Waals surface area contributed by atoms with Crippen LogP contribution in [-0.4, -0.2) is 5.75 Å². The molecule has 66 valence electrons. The van der Waals surface area contributed by atoms with Crippen LogP contribution in [0.4, 0.5) is 0 Å². The molecule has 0 aromatic heterocycles. The maximum atomic E-state index is 5.91. The maximum absolute atomic E-state index is 5.91. The van der Waals surface area contributed by atoms with E-state index in [0.717, 1.165) is 12.2 Å². The Kier molecular flexibility index (Phi) is 3.63.